The average Bonchev–Trinajstić information content (AvgIpc) is 1.59. The smallest absolute Gasteiger partial charge is 0.726 e. The fourth-order valence-electron chi connectivity index (χ4n) is 0. The predicted molar refractivity (Wildman–Crippen MR) is 60.3 cm³/mol. The standard InChI is InChI=1S/Co.5H2N.H2O4S2.H2O4S/c;;;;;;1-5(2)6(3)4;1-5(2,3)4/h;5*1H2;(H,1,2)(H,3,4);(H2,1,2,3,4)/q+3;5*-1;;/p-1. The molecule has 0 aliphatic rings. The first-order chi connectivity index (χ1) is 4.64. The van der Waals surface area contributed by atoms with E-state index in [0.717, 1.165) is 0 Å². The van der Waals surface area contributed by atoms with Gasteiger partial charge in [-0.3, -0.25) is 13.7 Å². The van der Waals surface area contributed by atoms with Crippen LogP contribution in [0.4, 0.5) is 0 Å². The van der Waals surface area contributed by atoms with Crippen LogP contribution in [0.3, 0.4) is 0 Å². The van der Waals surface area contributed by atoms with Crippen LogP contribution in [0.5, 0.6) is 0 Å². The van der Waals surface area contributed by atoms with E-state index in [9.17, 15) is 8.42 Å². The summed E-state index contributed by atoms with van der Waals surface area (Å²) in [5.41, 5.74) is 0. The third-order valence-electron chi connectivity index (χ3n) is 0.122. The van der Waals surface area contributed by atoms with Gasteiger partial charge in [0.15, 0.2) is 0 Å². The third-order valence-corrected chi connectivity index (χ3v) is 1.10. The molecular weight excluding hydrogens is 353 g/mol. The van der Waals surface area contributed by atoms with Crippen LogP contribution < -0.4 is 0 Å². The van der Waals surface area contributed by atoms with Crippen LogP contribution in [-0.2, 0) is 47.4 Å². The van der Waals surface area contributed by atoms with Gasteiger partial charge >= 0.3 is 16.8 Å². The van der Waals surface area contributed by atoms with E-state index in [1.807, 2.05) is 0 Å². The molecule has 0 radical (unpaired) electrons. The Bertz CT molecular complexity index is 232. The second kappa shape index (κ2) is 25.3. The molecule has 0 bridgehead atoms. The first kappa shape index (κ1) is 53.0. The molecule has 0 rings (SSSR count). The average molecular weight is 366 g/mol. The van der Waals surface area contributed by atoms with Crippen molar-refractivity contribution in [1.82, 2.24) is 0 Å². The molecule has 116 valence electrons. The molecule has 0 heterocycles. The Balaban J connectivity index is -0.0000000118. The quantitative estimate of drug-likeness (QED) is 0.265. The van der Waals surface area contributed by atoms with E-state index in [1.54, 1.807) is 0 Å². The molecule has 0 aromatic carbocycles. The Labute approximate surface area is 113 Å². The largest absolute Gasteiger partial charge is 3.00 e. The summed E-state index contributed by atoms with van der Waals surface area (Å²) >= 11 is 0. The van der Waals surface area contributed by atoms with Crippen LogP contribution in [0, 0.1) is 0 Å². The summed E-state index contributed by atoms with van der Waals surface area (Å²) in [5, 5.41) is 0. The van der Waals surface area contributed by atoms with Gasteiger partial charge in [0.05, 0.1) is 0 Å². The van der Waals surface area contributed by atoms with Gasteiger partial charge in [0.1, 0.15) is 0 Å². The molecule has 0 aromatic rings. The van der Waals surface area contributed by atoms with Crippen LogP contribution in [0.1, 0.15) is 0 Å². The Morgan fingerprint density at radius 2 is 0.882 bits per heavy atom. The molecule has 0 saturated heterocycles. The minimum absolute atomic E-state index is 0. The van der Waals surface area contributed by atoms with Crippen molar-refractivity contribution >= 4 is 30.6 Å². The maximum atomic E-state index is 9.26. The maximum Gasteiger partial charge on any atom is 3.00 e. The maximum absolute atomic E-state index is 9.26. The Kier molecular flexibility index (Phi) is 78.8. The molecule has 0 amide bonds. The molecule has 13 nitrogen and oxygen atoms in total. The summed E-state index contributed by atoms with van der Waals surface area (Å²) in [5.74, 6) is 0. The van der Waals surface area contributed by atoms with Gasteiger partial charge in [0.25, 0.3) is 20.2 Å². The minimum atomic E-state index is -4.92. The molecule has 2 unspecified atom stereocenters. The topological polar surface area (TPSA) is 320 Å². The summed E-state index contributed by atoms with van der Waals surface area (Å²) in [6.07, 6.45) is 0. The van der Waals surface area contributed by atoms with Crippen LogP contribution in [0.15, 0.2) is 0 Å². The molecule has 0 spiro atoms. The second-order valence-electron chi connectivity index (χ2n) is 0.862. The van der Waals surface area contributed by atoms with Crippen molar-refractivity contribution < 1.29 is 51.8 Å². The Morgan fingerprint density at radius 3 is 0.882 bits per heavy atom. The fourth-order valence-corrected chi connectivity index (χ4v) is 0. The monoisotopic (exact) mass is 366 g/mol. The molecular formula is H13CoN5O8S3-3. The zero-order valence-electron chi connectivity index (χ0n) is 7.83. The van der Waals surface area contributed by atoms with E-state index < -0.39 is 30.6 Å². The molecule has 17 heavy (non-hydrogen) atoms. The van der Waals surface area contributed by atoms with Crippen molar-refractivity contribution in [3.8, 4) is 0 Å². The first-order valence-electron chi connectivity index (χ1n) is 1.55. The van der Waals surface area contributed by atoms with Gasteiger partial charge < -0.3 is 35.3 Å². The van der Waals surface area contributed by atoms with Crippen LogP contribution in [0.2, 0.25) is 0 Å². The van der Waals surface area contributed by atoms with Gasteiger partial charge in [-0.2, -0.15) is 0 Å². The summed E-state index contributed by atoms with van der Waals surface area (Å²) < 4.78 is 66.5. The first-order valence-corrected chi connectivity index (χ1v) is 5.64. The number of hydrogen-bond acceptors (Lipinski definition) is 5. The molecule has 13 N–H and O–H groups in total. The Morgan fingerprint density at radius 1 is 0.824 bits per heavy atom. The van der Waals surface area contributed by atoms with Crippen molar-refractivity contribution in [3.63, 3.8) is 0 Å². The van der Waals surface area contributed by atoms with Gasteiger partial charge in [-0.15, -0.1) is 0 Å². The minimum Gasteiger partial charge on any atom is -0.726 e. The summed E-state index contributed by atoms with van der Waals surface area (Å²) in [6, 6.07) is 0. The fraction of sp³-hybridized carbons (Fsp3) is 0. The number of nitrogens with two attached hydrogens (primary N) is 5. The van der Waals surface area contributed by atoms with Gasteiger partial charge in [-0.05, 0) is 0 Å². The Hall–Kier alpha value is 0.396. The zero-order chi connectivity index (χ0) is 9.65. The summed E-state index contributed by atoms with van der Waals surface area (Å²) in [4.78, 5) is 0. The molecule has 0 fully saturated rings. The van der Waals surface area contributed by atoms with Gasteiger partial charge in [0.2, 0.25) is 10.4 Å². The number of rotatable bonds is 1. The molecule has 0 aromatic heterocycles. The van der Waals surface area contributed by atoms with E-state index in [1.165, 1.54) is 0 Å². The van der Waals surface area contributed by atoms with E-state index >= 15 is 0 Å². The van der Waals surface area contributed by atoms with E-state index in [0.29, 0.717) is 0 Å². The van der Waals surface area contributed by atoms with Crippen molar-refractivity contribution in [2.45, 2.75) is 0 Å². The predicted octanol–water partition coefficient (Wildman–Crippen LogP) is 1.93. The van der Waals surface area contributed by atoms with Gasteiger partial charge in [-0.1, -0.05) is 0 Å². The zero-order valence-corrected chi connectivity index (χ0v) is 11.3. The van der Waals surface area contributed by atoms with Crippen LogP contribution in [-0.4, -0.2) is 35.0 Å². The van der Waals surface area contributed by atoms with Gasteiger partial charge in [0, 0.05) is 0 Å². The molecule has 17 heteroatoms. The molecule has 0 saturated carbocycles. The summed E-state index contributed by atoms with van der Waals surface area (Å²) in [7, 11) is -10.1. The van der Waals surface area contributed by atoms with Crippen molar-refractivity contribution in [1.29, 1.82) is 0 Å². The third kappa shape index (κ3) is 176. The van der Waals surface area contributed by atoms with Crippen LogP contribution in [0.25, 0.3) is 30.8 Å². The summed E-state index contributed by atoms with van der Waals surface area (Å²) in [6.45, 7) is 0. The molecule has 0 aliphatic carbocycles. The van der Waals surface area contributed by atoms with Crippen molar-refractivity contribution in [2.75, 3.05) is 0 Å². The molecule has 0 aliphatic heterocycles. The van der Waals surface area contributed by atoms with E-state index in [4.69, 9.17) is 26.6 Å². The number of hydrogen-bond donors (Lipinski definition) is 3. The van der Waals surface area contributed by atoms with Gasteiger partial charge in [-0.25, -0.2) is 16.8 Å². The molecule has 2 atom stereocenters. The SMILES string of the molecule is O=S(=O)([O-])O.O=S(O)S(=O)O.[Co+3].[NH2-].[NH2-].[NH2-].[NH2-].[NH2-]. The van der Waals surface area contributed by atoms with E-state index in [2.05, 4.69) is 0 Å². The van der Waals surface area contributed by atoms with Crippen LogP contribution >= 0.6 is 0 Å². The van der Waals surface area contributed by atoms with Crippen molar-refractivity contribution in [2.24, 2.45) is 0 Å². The normalized spacial score (nSPS) is 10.4. The second-order valence-corrected chi connectivity index (χ2v) is 4.30. The van der Waals surface area contributed by atoms with Crippen molar-refractivity contribution in [3.05, 3.63) is 30.8 Å². The van der Waals surface area contributed by atoms with E-state index in [-0.39, 0.29) is 47.5 Å².